The highest BCUT2D eigenvalue weighted by Crippen LogP contribution is 2.34. The molecule has 2 aromatic carbocycles. The summed E-state index contributed by atoms with van der Waals surface area (Å²) in [6, 6.07) is 14.9. The van der Waals surface area contributed by atoms with Crippen molar-refractivity contribution in [1.29, 1.82) is 0 Å². The molecule has 0 saturated carbocycles. The Morgan fingerprint density at radius 3 is 2.51 bits per heavy atom. The third kappa shape index (κ3) is 5.17. The van der Waals surface area contributed by atoms with E-state index < -0.39 is 17.2 Å². The first-order valence-electron chi connectivity index (χ1n) is 14.9. The van der Waals surface area contributed by atoms with Crippen molar-refractivity contribution in [3.05, 3.63) is 84.3 Å². The zero-order chi connectivity index (χ0) is 32.7. The number of fused-ring (bicyclic) bond motifs is 3. The molecule has 1 fully saturated rings. The fourth-order valence-electron chi connectivity index (χ4n) is 5.91. The molecule has 5 heterocycles. The molecule has 0 spiro atoms. The Bertz CT molecular complexity index is 2060. The molecule has 1 aliphatic rings. The molecule has 1 saturated heterocycles. The summed E-state index contributed by atoms with van der Waals surface area (Å²) in [5.41, 5.74) is 6.53. The second kappa shape index (κ2) is 12.0. The highest BCUT2D eigenvalue weighted by atomic mass is 19.1. The first-order valence-corrected chi connectivity index (χ1v) is 14.9. The Balaban J connectivity index is 1.20. The maximum absolute atomic E-state index is 15.1. The van der Waals surface area contributed by atoms with Gasteiger partial charge in [0, 0.05) is 45.4 Å². The largest absolute Gasteiger partial charge is 0.488 e. The van der Waals surface area contributed by atoms with E-state index in [1.807, 2.05) is 30.3 Å². The molecule has 242 valence electrons. The maximum atomic E-state index is 15.1. The SMILES string of the molecule is COCCOc1cc(F)c(N2CCN(C(=O)C(C)(c3ccccc3)n3ncc4c3nc(N)n3nc(-c5ccco5)nc43)CC2)cc1F. The van der Waals surface area contributed by atoms with Crippen molar-refractivity contribution in [3.8, 4) is 17.3 Å². The predicted octanol–water partition coefficient (Wildman–Crippen LogP) is 3.73. The summed E-state index contributed by atoms with van der Waals surface area (Å²) in [6.45, 7) is 3.18. The number of aromatic nitrogens is 6. The van der Waals surface area contributed by atoms with Crippen LogP contribution in [0.5, 0.6) is 5.75 Å². The van der Waals surface area contributed by atoms with Crippen LogP contribution in [0.2, 0.25) is 0 Å². The third-order valence-electron chi connectivity index (χ3n) is 8.40. The summed E-state index contributed by atoms with van der Waals surface area (Å²) in [4.78, 5) is 27.2. The number of carbonyl (C=O) groups is 1. The van der Waals surface area contributed by atoms with E-state index in [4.69, 9.17) is 19.6 Å². The van der Waals surface area contributed by atoms with Gasteiger partial charge in [0.05, 0.1) is 30.1 Å². The number of methoxy groups -OCH3 is 1. The number of furan rings is 1. The number of hydrogen-bond acceptors (Lipinski definition) is 10. The molecule has 13 nitrogen and oxygen atoms in total. The smallest absolute Gasteiger partial charge is 0.255 e. The van der Waals surface area contributed by atoms with Crippen molar-refractivity contribution in [2.75, 3.05) is 57.1 Å². The summed E-state index contributed by atoms with van der Waals surface area (Å²) in [6.07, 6.45) is 3.11. The van der Waals surface area contributed by atoms with E-state index in [0.29, 0.717) is 33.8 Å². The number of amides is 1. The molecule has 0 aliphatic carbocycles. The van der Waals surface area contributed by atoms with E-state index in [1.54, 1.807) is 39.7 Å². The van der Waals surface area contributed by atoms with E-state index >= 15 is 4.39 Å². The Morgan fingerprint density at radius 1 is 1.00 bits per heavy atom. The molecule has 1 amide bonds. The van der Waals surface area contributed by atoms with Gasteiger partial charge in [-0.05, 0) is 24.6 Å². The Hall–Kier alpha value is -5.57. The highest BCUT2D eigenvalue weighted by Gasteiger charge is 2.43. The fraction of sp³-hybridized carbons (Fsp3) is 0.281. The number of nitrogens with zero attached hydrogens (tertiary/aromatic N) is 8. The number of nitrogen functional groups attached to an aromatic ring is 1. The topological polar surface area (TPSA) is 142 Å². The van der Waals surface area contributed by atoms with Crippen LogP contribution >= 0.6 is 0 Å². The van der Waals surface area contributed by atoms with Crippen LogP contribution in [0, 0.1) is 11.6 Å². The predicted molar refractivity (Wildman–Crippen MR) is 168 cm³/mol. The van der Waals surface area contributed by atoms with Crippen LogP contribution < -0.4 is 15.4 Å². The van der Waals surface area contributed by atoms with Gasteiger partial charge in [0.25, 0.3) is 5.91 Å². The van der Waals surface area contributed by atoms with E-state index in [2.05, 4.69) is 20.2 Å². The number of carbonyl (C=O) groups excluding carboxylic acids is 1. The summed E-state index contributed by atoms with van der Waals surface area (Å²) in [7, 11) is 1.50. The molecular weight excluding hydrogens is 612 g/mol. The number of ether oxygens (including phenoxy) is 2. The molecular formula is C32H31F2N9O4. The minimum Gasteiger partial charge on any atom is -0.488 e. The lowest BCUT2D eigenvalue weighted by molar-refractivity contribution is -0.138. The number of piperazine rings is 1. The molecule has 6 aromatic rings. The molecule has 1 aliphatic heterocycles. The van der Waals surface area contributed by atoms with E-state index in [-0.39, 0.29) is 62.7 Å². The first kappa shape index (κ1) is 30.1. The maximum Gasteiger partial charge on any atom is 0.255 e. The minimum absolute atomic E-state index is 0.0559. The molecule has 2 N–H and O–H groups in total. The average molecular weight is 644 g/mol. The quantitative estimate of drug-likeness (QED) is 0.232. The standard InChI is InChI=1S/C32H31F2N9O4/c1-32(20-7-4-3-5-8-20,43-29-21(19-36-43)28-37-27(25-9-6-14-46-25)39-42(28)31(35)38-29)30(44)41-12-10-40(11-13-41)24-17-23(34)26(18-22(24)33)47-16-15-45-2/h3-9,14,17-19H,10-13,15-16H2,1-2H3,(H2,35,38). The second-order valence-electron chi connectivity index (χ2n) is 11.2. The van der Waals surface area contributed by atoms with Gasteiger partial charge in [-0.3, -0.25) is 4.79 Å². The summed E-state index contributed by atoms with van der Waals surface area (Å²) in [5.74, 6) is -0.881. The number of anilines is 2. The van der Waals surface area contributed by atoms with Gasteiger partial charge in [0.15, 0.2) is 34.2 Å². The van der Waals surface area contributed by atoms with Crippen LogP contribution in [0.1, 0.15) is 12.5 Å². The number of hydrogen-bond donors (Lipinski definition) is 1. The number of halogens is 2. The molecule has 1 atom stereocenters. The van der Waals surface area contributed by atoms with Crippen molar-refractivity contribution >= 4 is 34.2 Å². The van der Waals surface area contributed by atoms with Gasteiger partial charge in [-0.15, -0.1) is 5.10 Å². The van der Waals surface area contributed by atoms with Gasteiger partial charge >= 0.3 is 0 Å². The number of benzene rings is 2. The lowest BCUT2D eigenvalue weighted by Crippen LogP contribution is -2.56. The highest BCUT2D eigenvalue weighted by molar-refractivity contribution is 5.94. The van der Waals surface area contributed by atoms with Crippen LogP contribution in [0.25, 0.3) is 28.3 Å². The number of rotatable bonds is 9. The summed E-state index contributed by atoms with van der Waals surface area (Å²) in [5, 5.41) is 9.66. The molecule has 0 radical (unpaired) electrons. The number of nitrogens with two attached hydrogens (primary N) is 1. The first-order chi connectivity index (χ1) is 22.8. The molecule has 1 unspecified atom stereocenters. The van der Waals surface area contributed by atoms with Crippen molar-refractivity contribution < 1.29 is 27.5 Å². The van der Waals surface area contributed by atoms with E-state index in [9.17, 15) is 9.18 Å². The van der Waals surface area contributed by atoms with Gasteiger partial charge in [-0.2, -0.15) is 14.6 Å². The van der Waals surface area contributed by atoms with Crippen LogP contribution in [-0.2, 0) is 15.1 Å². The van der Waals surface area contributed by atoms with Gasteiger partial charge in [0.1, 0.15) is 12.4 Å². The summed E-state index contributed by atoms with van der Waals surface area (Å²) < 4.78 is 48.5. The van der Waals surface area contributed by atoms with Crippen molar-refractivity contribution in [1.82, 2.24) is 34.3 Å². The Morgan fingerprint density at radius 2 is 1.79 bits per heavy atom. The van der Waals surface area contributed by atoms with E-state index in [0.717, 1.165) is 12.1 Å². The van der Waals surface area contributed by atoms with Gasteiger partial charge < -0.3 is 29.4 Å². The average Bonchev–Trinajstić information content (AvgIpc) is 3.87. The normalized spacial score (nSPS) is 15.0. The van der Waals surface area contributed by atoms with Crippen LogP contribution in [-0.4, -0.2) is 86.7 Å². The lowest BCUT2D eigenvalue weighted by atomic mass is 9.90. The zero-order valence-corrected chi connectivity index (χ0v) is 25.6. The van der Waals surface area contributed by atoms with Gasteiger partial charge in [-0.25, -0.2) is 18.4 Å². The molecule has 47 heavy (non-hydrogen) atoms. The van der Waals surface area contributed by atoms with Crippen LogP contribution in [0.4, 0.5) is 20.4 Å². The van der Waals surface area contributed by atoms with Crippen molar-refractivity contribution in [3.63, 3.8) is 0 Å². The van der Waals surface area contributed by atoms with Gasteiger partial charge in [0.2, 0.25) is 11.8 Å². The van der Waals surface area contributed by atoms with E-state index in [1.165, 1.54) is 17.9 Å². The molecule has 4 aromatic heterocycles. The lowest BCUT2D eigenvalue weighted by Gasteiger charge is -2.41. The van der Waals surface area contributed by atoms with Crippen LogP contribution in [0.3, 0.4) is 0 Å². The fourth-order valence-corrected chi connectivity index (χ4v) is 5.91. The Labute approximate surface area is 267 Å². The molecule has 7 rings (SSSR count). The van der Waals surface area contributed by atoms with Crippen molar-refractivity contribution in [2.24, 2.45) is 0 Å². The molecule has 0 bridgehead atoms. The van der Waals surface area contributed by atoms with Crippen molar-refractivity contribution in [2.45, 2.75) is 12.5 Å². The minimum atomic E-state index is -1.36. The van der Waals surface area contributed by atoms with Crippen LogP contribution in [0.15, 0.2) is 71.5 Å². The summed E-state index contributed by atoms with van der Waals surface area (Å²) >= 11 is 0. The Kier molecular flexibility index (Phi) is 7.67. The third-order valence-corrected chi connectivity index (χ3v) is 8.40. The monoisotopic (exact) mass is 643 g/mol. The molecule has 15 heteroatoms. The zero-order valence-electron chi connectivity index (χ0n) is 25.6. The second-order valence-corrected chi connectivity index (χ2v) is 11.2. The van der Waals surface area contributed by atoms with Gasteiger partial charge in [-0.1, -0.05) is 30.3 Å².